The third kappa shape index (κ3) is 2.11. The fourth-order valence-corrected chi connectivity index (χ4v) is 1.47. The molecule has 0 aliphatic heterocycles. The first-order valence-electron chi connectivity index (χ1n) is 4.58. The summed E-state index contributed by atoms with van der Waals surface area (Å²) in [6, 6.07) is 2.26. The third-order valence-electron chi connectivity index (χ3n) is 2.09. The molecule has 1 heterocycles. The molecule has 0 bridgehead atoms. The van der Waals surface area contributed by atoms with Gasteiger partial charge < -0.3 is 9.88 Å². The summed E-state index contributed by atoms with van der Waals surface area (Å²) in [6.45, 7) is 6.47. The number of aryl methyl sites for hydroxylation is 2. The highest BCUT2D eigenvalue weighted by atomic mass is 15.0. The van der Waals surface area contributed by atoms with Crippen LogP contribution in [0, 0.1) is 6.92 Å². The third-order valence-corrected chi connectivity index (χ3v) is 2.09. The number of hydrogen-bond donors (Lipinski definition) is 1. The van der Waals surface area contributed by atoms with Crippen LogP contribution in [0.3, 0.4) is 0 Å². The summed E-state index contributed by atoms with van der Waals surface area (Å²) in [5.41, 5.74) is 2.80. The second-order valence-corrected chi connectivity index (χ2v) is 3.15. The van der Waals surface area contributed by atoms with Crippen molar-refractivity contribution in [1.82, 2.24) is 9.88 Å². The average molecular weight is 166 g/mol. The van der Waals surface area contributed by atoms with Crippen LogP contribution in [0.2, 0.25) is 0 Å². The molecule has 1 N–H and O–H groups in total. The van der Waals surface area contributed by atoms with E-state index in [1.165, 1.54) is 11.3 Å². The monoisotopic (exact) mass is 166 g/mol. The molecule has 0 unspecified atom stereocenters. The van der Waals surface area contributed by atoms with Crippen molar-refractivity contribution in [3.05, 3.63) is 23.5 Å². The Labute approximate surface area is 74.6 Å². The van der Waals surface area contributed by atoms with E-state index < -0.39 is 0 Å². The highest BCUT2D eigenvalue weighted by Crippen LogP contribution is 2.07. The normalized spacial score (nSPS) is 10.6. The van der Waals surface area contributed by atoms with Crippen LogP contribution in [0.15, 0.2) is 12.3 Å². The molecular formula is C10H18N2. The van der Waals surface area contributed by atoms with Gasteiger partial charge in [0.05, 0.1) is 0 Å². The molecule has 0 saturated carbocycles. The Kier molecular flexibility index (Phi) is 3.35. The molecule has 0 spiro atoms. The number of nitrogens with one attached hydrogen (secondary N) is 1. The van der Waals surface area contributed by atoms with Crippen molar-refractivity contribution < 1.29 is 0 Å². The van der Waals surface area contributed by atoms with Crippen molar-refractivity contribution in [2.24, 2.45) is 0 Å². The van der Waals surface area contributed by atoms with Gasteiger partial charge in [0.2, 0.25) is 0 Å². The molecule has 1 rings (SSSR count). The van der Waals surface area contributed by atoms with Gasteiger partial charge in [0.15, 0.2) is 0 Å². The zero-order valence-corrected chi connectivity index (χ0v) is 8.22. The molecule has 0 fully saturated rings. The van der Waals surface area contributed by atoms with Crippen molar-refractivity contribution in [3.63, 3.8) is 0 Å². The van der Waals surface area contributed by atoms with E-state index in [9.17, 15) is 0 Å². The van der Waals surface area contributed by atoms with Crippen LogP contribution >= 0.6 is 0 Å². The molecule has 12 heavy (non-hydrogen) atoms. The Morgan fingerprint density at radius 2 is 2.25 bits per heavy atom. The molecule has 1 aromatic heterocycles. The summed E-state index contributed by atoms with van der Waals surface area (Å²) >= 11 is 0. The zero-order chi connectivity index (χ0) is 8.97. The summed E-state index contributed by atoms with van der Waals surface area (Å²) in [5, 5.41) is 3.16. The predicted molar refractivity (Wildman–Crippen MR) is 52.5 cm³/mol. The lowest BCUT2D eigenvalue weighted by Gasteiger charge is -2.04. The Morgan fingerprint density at radius 1 is 1.50 bits per heavy atom. The first-order valence-corrected chi connectivity index (χ1v) is 4.58. The van der Waals surface area contributed by atoms with Gasteiger partial charge in [0.1, 0.15) is 0 Å². The predicted octanol–water partition coefficient (Wildman–Crippen LogP) is 1.58. The summed E-state index contributed by atoms with van der Waals surface area (Å²) < 4.78 is 2.31. The van der Waals surface area contributed by atoms with Crippen LogP contribution in [0.4, 0.5) is 0 Å². The highest BCUT2D eigenvalue weighted by molar-refractivity contribution is 5.17. The van der Waals surface area contributed by atoms with Crippen LogP contribution in [-0.2, 0) is 13.0 Å². The first kappa shape index (κ1) is 9.33. The lowest BCUT2D eigenvalue weighted by atomic mass is 10.3. The summed E-state index contributed by atoms with van der Waals surface area (Å²) in [4.78, 5) is 0. The summed E-state index contributed by atoms with van der Waals surface area (Å²) in [6.07, 6.45) is 3.34. The van der Waals surface area contributed by atoms with Crippen LogP contribution < -0.4 is 5.32 Å². The van der Waals surface area contributed by atoms with E-state index in [2.05, 4.69) is 36.0 Å². The van der Waals surface area contributed by atoms with E-state index in [4.69, 9.17) is 0 Å². The van der Waals surface area contributed by atoms with Crippen LogP contribution in [-0.4, -0.2) is 18.2 Å². The largest absolute Gasteiger partial charge is 0.351 e. The molecular weight excluding hydrogens is 148 g/mol. The fourth-order valence-electron chi connectivity index (χ4n) is 1.47. The van der Waals surface area contributed by atoms with Gasteiger partial charge in [0, 0.05) is 31.4 Å². The van der Waals surface area contributed by atoms with E-state index in [0.29, 0.717) is 0 Å². The van der Waals surface area contributed by atoms with Crippen molar-refractivity contribution in [2.75, 3.05) is 13.6 Å². The van der Waals surface area contributed by atoms with Crippen molar-refractivity contribution >= 4 is 0 Å². The van der Waals surface area contributed by atoms with Crippen molar-refractivity contribution in [3.8, 4) is 0 Å². The molecule has 2 heteroatoms. The minimum atomic E-state index is 1.06. The standard InChI is InChI=1S/C10H18N2/c1-4-12-8-9(2)7-10(12)5-6-11-3/h7-8,11H,4-6H2,1-3H3. The number of likely N-dealkylation sites (N-methyl/N-ethyl adjacent to an activating group) is 1. The molecule has 1 aromatic rings. The van der Waals surface area contributed by atoms with E-state index in [-0.39, 0.29) is 0 Å². The van der Waals surface area contributed by atoms with Gasteiger partial charge in [-0.15, -0.1) is 0 Å². The molecule has 0 aromatic carbocycles. The topological polar surface area (TPSA) is 17.0 Å². The summed E-state index contributed by atoms with van der Waals surface area (Å²) in [7, 11) is 1.99. The molecule has 2 nitrogen and oxygen atoms in total. The number of hydrogen-bond acceptors (Lipinski definition) is 1. The van der Waals surface area contributed by atoms with E-state index in [1.54, 1.807) is 0 Å². The van der Waals surface area contributed by atoms with Gasteiger partial charge in [-0.1, -0.05) is 0 Å². The Hall–Kier alpha value is -0.760. The molecule has 0 amide bonds. The maximum atomic E-state index is 3.16. The minimum absolute atomic E-state index is 1.06. The van der Waals surface area contributed by atoms with Gasteiger partial charge in [-0.2, -0.15) is 0 Å². The number of nitrogens with zero attached hydrogens (tertiary/aromatic N) is 1. The summed E-state index contributed by atoms with van der Waals surface area (Å²) in [5.74, 6) is 0. The fraction of sp³-hybridized carbons (Fsp3) is 0.600. The molecule has 0 saturated heterocycles. The minimum Gasteiger partial charge on any atom is -0.351 e. The smallest absolute Gasteiger partial charge is 0.0193 e. The quantitative estimate of drug-likeness (QED) is 0.718. The van der Waals surface area contributed by atoms with Gasteiger partial charge in [0.25, 0.3) is 0 Å². The number of aromatic nitrogens is 1. The van der Waals surface area contributed by atoms with Crippen molar-refractivity contribution in [1.29, 1.82) is 0 Å². The SMILES string of the molecule is CCn1cc(C)cc1CCNC. The average Bonchev–Trinajstić information content (AvgIpc) is 2.42. The Bertz CT molecular complexity index is 238. The van der Waals surface area contributed by atoms with Gasteiger partial charge >= 0.3 is 0 Å². The molecule has 0 atom stereocenters. The lowest BCUT2D eigenvalue weighted by molar-refractivity contribution is 0.684. The Morgan fingerprint density at radius 3 is 2.83 bits per heavy atom. The van der Waals surface area contributed by atoms with Crippen LogP contribution in [0.1, 0.15) is 18.2 Å². The number of rotatable bonds is 4. The maximum absolute atomic E-state index is 3.16. The van der Waals surface area contributed by atoms with Crippen LogP contribution in [0.25, 0.3) is 0 Å². The maximum Gasteiger partial charge on any atom is 0.0193 e. The molecule has 0 aliphatic carbocycles. The highest BCUT2D eigenvalue weighted by Gasteiger charge is 2.00. The molecule has 0 aliphatic rings. The van der Waals surface area contributed by atoms with Gasteiger partial charge in [-0.3, -0.25) is 0 Å². The van der Waals surface area contributed by atoms with E-state index in [1.807, 2.05) is 7.05 Å². The first-order chi connectivity index (χ1) is 5.77. The second-order valence-electron chi connectivity index (χ2n) is 3.15. The van der Waals surface area contributed by atoms with Gasteiger partial charge in [-0.05, 0) is 32.5 Å². The second kappa shape index (κ2) is 4.31. The van der Waals surface area contributed by atoms with E-state index in [0.717, 1.165) is 19.5 Å². The molecule has 0 radical (unpaired) electrons. The Balaban J connectivity index is 2.68. The van der Waals surface area contributed by atoms with Crippen LogP contribution in [0.5, 0.6) is 0 Å². The van der Waals surface area contributed by atoms with Gasteiger partial charge in [-0.25, -0.2) is 0 Å². The zero-order valence-electron chi connectivity index (χ0n) is 8.22. The van der Waals surface area contributed by atoms with E-state index >= 15 is 0 Å². The van der Waals surface area contributed by atoms with Crippen molar-refractivity contribution in [2.45, 2.75) is 26.8 Å². The molecule has 68 valence electrons. The lowest BCUT2D eigenvalue weighted by Crippen LogP contribution is -2.12.